The normalized spacial score (nSPS) is 23.2. The number of H-pyrrole nitrogens is 1. The van der Waals surface area contributed by atoms with Crippen molar-refractivity contribution in [1.29, 1.82) is 0 Å². The van der Waals surface area contributed by atoms with Gasteiger partial charge in [-0.25, -0.2) is 4.79 Å². The number of nitrogens with zero attached hydrogens (tertiary/aromatic N) is 1. The summed E-state index contributed by atoms with van der Waals surface area (Å²) < 4.78 is 12.0. The van der Waals surface area contributed by atoms with Crippen LogP contribution in [0.25, 0.3) is 0 Å². The van der Waals surface area contributed by atoms with E-state index < -0.39 is 42.3 Å². The number of hydrogen-bond donors (Lipinski definition) is 2. The van der Waals surface area contributed by atoms with E-state index in [0.717, 1.165) is 0 Å². The Balaban J connectivity index is 2.10. The van der Waals surface area contributed by atoms with Gasteiger partial charge < -0.3 is 19.4 Å². The van der Waals surface area contributed by atoms with Crippen LogP contribution in [-0.2, 0) is 19.1 Å². The average Bonchev–Trinajstić information content (AvgIpc) is 2.91. The first-order chi connectivity index (χ1) is 11.3. The van der Waals surface area contributed by atoms with Crippen molar-refractivity contribution >= 4 is 11.8 Å². The highest BCUT2D eigenvalue weighted by Crippen LogP contribution is 2.30. The molecule has 0 spiro atoms. The molecule has 132 valence electrons. The number of ether oxygens (including phenoxy) is 2. The van der Waals surface area contributed by atoms with Crippen molar-refractivity contribution in [3.05, 3.63) is 32.6 Å². The van der Waals surface area contributed by atoms with E-state index >= 15 is 0 Å². The minimum absolute atomic E-state index is 0.0492. The zero-order valence-electron chi connectivity index (χ0n) is 13.5. The summed E-state index contributed by atoms with van der Waals surface area (Å²) in [6.45, 7) is 2.54. The van der Waals surface area contributed by atoms with Crippen molar-refractivity contribution in [3.63, 3.8) is 0 Å². The van der Waals surface area contributed by atoms with E-state index in [9.17, 15) is 24.3 Å². The number of rotatable bonds is 6. The van der Waals surface area contributed by atoms with Crippen molar-refractivity contribution in [2.45, 2.75) is 51.5 Å². The smallest absolute Gasteiger partial charge is 0.330 e. The molecule has 9 heteroatoms. The number of hydrogen-bond acceptors (Lipinski definition) is 7. The van der Waals surface area contributed by atoms with E-state index in [4.69, 9.17) is 9.47 Å². The third-order valence-corrected chi connectivity index (χ3v) is 3.78. The topological polar surface area (TPSA) is 128 Å². The molecule has 0 saturated carbocycles. The summed E-state index contributed by atoms with van der Waals surface area (Å²) in [6, 6.07) is 0. The number of aryl methyl sites for hydroxylation is 1. The summed E-state index contributed by atoms with van der Waals surface area (Å²) in [7, 11) is 0. The molecular formula is C15H20N2O7. The molecule has 0 radical (unpaired) electrons. The monoisotopic (exact) mass is 340 g/mol. The molecule has 0 amide bonds. The van der Waals surface area contributed by atoms with Gasteiger partial charge in [-0.05, 0) is 13.8 Å². The number of esters is 1. The first-order valence-electron chi connectivity index (χ1n) is 7.59. The molecule has 1 fully saturated rings. The highest BCUT2D eigenvalue weighted by molar-refractivity contribution is 5.81. The maximum absolute atomic E-state index is 11.9. The standard InChI is InChI=1S/C15H20N2O7/c1-8-6-17(15(22)16-14(8)21)12-5-10(11(7-18)23-12)24-13(20)4-3-9(2)19/h6,10-12,18H,3-5,7H2,1-2H3,(H,16,21,22). The first kappa shape index (κ1) is 18.1. The van der Waals surface area contributed by atoms with Crippen LogP contribution >= 0.6 is 0 Å². The number of aliphatic hydroxyl groups excluding tert-OH is 1. The molecule has 0 bridgehead atoms. The van der Waals surface area contributed by atoms with Crippen LogP contribution in [0.15, 0.2) is 15.8 Å². The van der Waals surface area contributed by atoms with E-state index in [1.165, 1.54) is 17.7 Å². The Labute approximate surface area is 137 Å². The van der Waals surface area contributed by atoms with Gasteiger partial charge in [-0.1, -0.05) is 0 Å². The number of nitrogens with one attached hydrogen (secondary N) is 1. The first-order valence-corrected chi connectivity index (χ1v) is 7.59. The van der Waals surface area contributed by atoms with Gasteiger partial charge in [0.05, 0.1) is 13.0 Å². The maximum Gasteiger partial charge on any atom is 0.330 e. The second kappa shape index (κ2) is 7.54. The molecule has 1 aromatic heterocycles. The van der Waals surface area contributed by atoms with Gasteiger partial charge in [0.2, 0.25) is 0 Å². The number of ketones is 1. The van der Waals surface area contributed by atoms with E-state index in [-0.39, 0.29) is 25.0 Å². The van der Waals surface area contributed by atoms with Crippen LogP contribution in [0, 0.1) is 6.92 Å². The summed E-state index contributed by atoms with van der Waals surface area (Å²) in [5.41, 5.74) is -0.795. The van der Waals surface area contributed by atoms with Gasteiger partial charge in [-0.2, -0.15) is 0 Å². The molecule has 2 rings (SSSR count). The van der Waals surface area contributed by atoms with Crippen LogP contribution in [-0.4, -0.2) is 45.2 Å². The van der Waals surface area contributed by atoms with Crippen LogP contribution in [0.5, 0.6) is 0 Å². The fourth-order valence-electron chi connectivity index (χ4n) is 2.47. The van der Waals surface area contributed by atoms with E-state index in [0.29, 0.717) is 5.56 Å². The van der Waals surface area contributed by atoms with E-state index in [2.05, 4.69) is 4.98 Å². The van der Waals surface area contributed by atoms with Gasteiger partial charge >= 0.3 is 11.7 Å². The lowest BCUT2D eigenvalue weighted by atomic mass is 10.1. The summed E-state index contributed by atoms with van der Waals surface area (Å²) in [4.78, 5) is 48.1. The molecule has 1 aliphatic rings. The fraction of sp³-hybridized carbons (Fsp3) is 0.600. The van der Waals surface area contributed by atoms with Gasteiger partial charge in [-0.3, -0.25) is 19.1 Å². The second-order valence-corrected chi connectivity index (χ2v) is 5.76. The molecule has 3 atom stereocenters. The van der Waals surface area contributed by atoms with Gasteiger partial charge in [0, 0.05) is 24.6 Å². The largest absolute Gasteiger partial charge is 0.459 e. The van der Waals surface area contributed by atoms with Crippen LogP contribution in [0.2, 0.25) is 0 Å². The molecule has 2 heterocycles. The Hall–Kier alpha value is -2.26. The highest BCUT2D eigenvalue weighted by Gasteiger charge is 2.39. The molecule has 1 aliphatic heterocycles. The van der Waals surface area contributed by atoms with Gasteiger partial charge in [0.1, 0.15) is 24.2 Å². The highest BCUT2D eigenvalue weighted by atomic mass is 16.6. The predicted molar refractivity (Wildman–Crippen MR) is 81.5 cm³/mol. The molecule has 2 N–H and O–H groups in total. The van der Waals surface area contributed by atoms with Gasteiger partial charge in [0.15, 0.2) is 0 Å². The molecule has 0 aliphatic carbocycles. The molecule has 1 saturated heterocycles. The van der Waals surface area contributed by atoms with Crippen molar-refractivity contribution in [3.8, 4) is 0 Å². The molecule has 3 unspecified atom stereocenters. The Morgan fingerprint density at radius 2 is 2.12 bits per heavy atom. The molecule has 24 heavy (non-hydrogen) atoms. The van der Waals surface area contributed by atoms with Crippen LogP contribution < -0.4 is 11.2 Å². The molecule has 0 aromatic carbocycles. The Kier molecular flexibility index (Phi) is 5.68. The lowest BCUT2D eigenvalue weighted by molar-refractivity contribution is -0.153. The quantitative estimate of drug-likeness (QED) is 0.662. The Morgan fingerprint density at radius 3 is 2.75 bits per heavy atom. The Morgan fingerprint density at radius 1 is 1.42 bits per heavy atom. The summed E-state index contributed by atoms with van der Waals surface area (Å²) in [6.07, 6.45) is -0.738. The van der Waals surface area contributed by atoms with Gasteiger partial charge in [0.25, 0.3) is 5.56 Å². The SMILES string of the molecule is CC(=O)CCC(=O)OC1CC(n2cc(C)c(=O)[nH]c2=O)OC1CO. The number of Topliss-reactive ketones (excluding diaryl/α,β-unsaturated/α-hetero) is 1. The zero-order valence-corrected chi connectivity index (χ0v) is 13.5. The maximum atomic E-state index is 11.9. The Bertz CT molecular complexity index is 736. The number of aromatic amines is 1. The van der Waals surface area contributed by atoms with Crippen LogP contribution in [0.3, 0.4) is 0 Å². The lowest BCUT2D eigenvalue weighted by Gasteiger charge is -2.16. The fourth-order valence-corrected chi connectivity index (χ4v) is 2.47. The van der Waals surface area contributed by atoms with Crippen molar-refractivity contribution in [1.82, 2.24) is 9.55 Å². The number of carbonyl (C=O) groups is 2. The number of aromatic nitrogens is 2. The minimum atomic E-state index is -0.782. The van der Waals surface area contributed by atoms with Crippen molar-refractivity contribution in [2.75, 3.05) is 6.61 Å². The lowest BCUT2D eigenvalue weighted by Crippen LogP contribution is -2.33. The number of carbonyl (C=O) groups excluding carboxylic acids is 2. The van der Waals surface area contributed by atoms with Crippen LogP contribution in [0.1, 0.15) is 38.0 Å². The summed E-state index contributed by atoms with van der Waals surface area (Å²) in [5, 5.41) is 9.38. The molecule has 9 nitrogen and oxygen atoms in total. The van der Waals surface area contributed by atoms with Crippen molar-refractivity contribution in [2.24, 2.45) is 0 Å². The second-order valence-electron chi connectivity index (χ2n) is 5.76. The average molecular weight is 340 g/mol. The van der Waals surface area contributed by atoms with Crippen molar-refractivity contribution < 1.29 is 24.2 Å². The third kappa shape index (κ3) is 4.18. The molecular weight excluding hydrogens is 320 g/mol. The zero-order chi connectivity index (χ0) is 17.9. The molecule has 1 aromatic rings. The van der Waals surface area contributed by atoms with Gasteiger partial charge in [-0.15, -0.1) is 0 Å². The van der Waals surface area contributed by atoms with Crippen LogP contribution in [0.4, 0.5) is 0 Å². The summed E-state index contributed by atoms with van der Waals surface area (Å²) >= 11 is 0. The van der Waals surface area contributed by atoms with E-state index in [1.807, 2.05) is 0 Å². The van der Waals surface area contributed by atoms with E-state index in [1.54, 1.807) is 6.92 Å². The minimum Gasteiger partial charge on any atom is -0.459 e. The summed E-state index contributed by atoms with van der Waals surface area (Å²) in [5.74, 6) is -0.690. The number of aliphatic hydroxyl groups is 1. The predicted octanol–water partition coefficient (Wildman–Crippen LogP) is -0.594. The third-order valence-electron chi connectivity index (χ3n) is 3.78.